The number of nitrogens with zero attached hydrogens (tertiary/aromatic N) is 1. The standard InChI is InChI=1S/C9H14N2S/c1-8(2,9(10)3-4-9)7-5-12-6-11-7/h5-6H,3-4,10H2,1-2H3. The molecule has 0 aliphatic heterocycles. The van der Waals surface area contributed by atoms with Gasteiger partial charge in [0.1, 0.15) is 0 Å². The van der Waals surface area contributed by atoms with Gasteiger partial charge in [-0.25, -0.2) is 4.98 Å². The number of rotatable bonds is 2. The minimum absolute atomic E-state index is 0.0150. The highest BCUT2D eigenvalue weighted by molar-refractivity contribution is 7.07. The van der Waals surface area contributed by atoms with Crippen molar-refractivity contribution in [1.29, 1.82) is 0 Å². The van der Waals surface area contributed by atoms with Crippen molar-refractivity contribution in [2.24, 2.45) is 5.73 Å². The van der Waals surface area contributed by atoms with Crippen molar-refractivity contribution >= 4 is 11.3 Å². The average molecular weight is 182 g/mol. The van der Waals surface area contributed by atoms with Crippen molar-refractivity contribution in [3.05, 3.63) is 16.6 Å². The first-order chi connectivity index (χ1) is 5.56. The molecule has 1 aromatic rings. The zero-order valence-corrected chi connectivity index (χ0v) is 8.32. The third kappa shape index (κ3) is 1.00. The molecule has 12 heavy (non-hydrogen) atoms. The maximum Gasteiger partial charge on any atom is 0.0794 e. The summed E-state index contributed by atoms with van der Waals surface area (Å²) in [6.45, 7) is 4.38. The highest BCUT2D eigenvalue weighted by Gasteiger charge is 2.52. The molecule has 0 saturated heterocycles. The van der Waals surface area contributed by atoms with Crippen molar-refractivity contribution in [2.45, 2.75) is 37.6 Å². The quantitative estimate of drug-likeness (QED) is 0.759. The Balaban J connectivity index is 2.33. The average Bonchev–Trinajstić information content (AvgIpc) is 2.59. The van der Waals surface area contributed by atoms with Crippen LogP contribution in [0, 0.1) is 0 Å². The summed E-state index contributed by atoms with van der Waals surface area (Å²) in [6, 6.07) is 0. The summed E-state index contributed by atoms with van der Waals surface area (Å²) in [7, 11) is 0. The van der Waals surface area contributed by atoms with E-state index in [1.807, 2.05) is 5.51 Å². The minimum Gasteiger partial charge on any atom is -0.324 e. The van der Waals surface area contributed by atoms with E-state index >= 15 is 0 Å². The Kier molecular flexibility index (Phi) is 1.57. The van der Waals surface area contributed by atoms with E-state index < -0.39 is 0 Å². The lowest BCUT2D eigenvalue weighted by Crippen LogP contribution is -2.43. The summed E-state index contributed by atoms with van der Waals surface area (Å²) >= 11 is 1.64. The summed E-state index contributed by atoms with van der Waals surface area (Å²) in [5, 5.41) is 2.10. The van der Waals surface area contributed by atoms with Crippen LogP contribution >= 0.6 is 11.3 Å². The number of hydrogen-bond acceptors (Lipinski definition) is 3. The Hall–Kier alpha value is -0.410. The summed E-state index contributed by atoms with van der Waals surface area (Å²) in [4.78, 5) is 4.33. The lowest BCUT2D eigenvalue weighted by molar-refractivity contribution is 0.383. The monoisotopic (exact) mass is 182 g/mol. The molecular weight excluding hydrogens is 168 g/mol. The van der Waals surface area contributed by atoms with Crippen molar-refractivity contribution in [1.82, 2.24) is 4.98 Å². The van der Waals surface area contributed by atoms with Gasteiger partial charge in [-0.1, -0.05) is 13.8 Å². The van der Waals surface area contributed by atoms with Crippen LogP contribution in [-0.4, -0.2) is 10.5 Å². The summed E-state index contributed by atoms with van der Waals surface area (Å²) in [6.07, 6.45) is 2.27. The topological polar surface area (TPSA) is 38.9 Å². The second-order valence-electron chi connectivity index (χ2n) is 4.15. The smallest absolute Gasteiger partial charge is 0.0794 e. The van der Waals surface area contributed by atoms with E-state index in [9.17, 15) is 0 Å². The van der Waals surface area contributed by atoms with E-state index in [1.165, 1.54) is 0 Å². The first-order valence-corrected chi connectivity index (χ1v) is 5.18. The third-order valence-corrected chi connectivity index (χ3v) is 3.69. The second kappa shape index (κ2) is 2.30. The molecule has 0 spiro atoms. The molecule has 1 aromatic heterocycles. The first kappa shape index (κ1) is 8.20. The van der Waals surface area contributed by atoms with Gasteiger partial charge < -0.3 is 5.73 Å². The molecule has 0 unspecified atom stereocenters. The van der Waals surface area contributed by atoms with E-state index in [0.717, 1.165) is 18.5 Å². The Morgan fingerprint density at radius 1 is 1.58 bits per heavy atom. The molecule has 1 heterocycles. The number of aromatic nitrogens is 1. The minimum atomic E-state index is 0.0150. The largest absolute Gasteiger partial charge is 0.324 e. The van der Waals surface area contributed by atoms with Crippen LogP contribution < -0.4 is 5.73 Å². The highest BCUT2D eigenvalue weighted by atomic mass is 32.1. The van der Waals surface area contributed by atoms with E-state index in [4.69, 9.17) is 5.73 Å². The molecule has 0 aromatic carbocycles. The maximum atomic E-state index is 6.18. The van der Waals surface area contributed by atoms with Gasteiger partial charge in [0.25, 0.3) is 0 Å². The fourth-order valence-corrected chi connectivity index (χ4v) is 2.26. The van der Waals surface area contributed by atoms with Crippen LogP contribution in [0.15, 0.2) is 10.9 Å². The molecule has 1 aliphatic carbocycles. The van der Waals surface area contributed by atoms with Crippen LogP contribution in [0.25, 0.3) is 0 Å². The van der Waals surface area contributed by atoms with Crippen LogP contribution in [0.5, 0.6) is 0 Å². The predicted molar refractivity (Wildman–Crippen MR) is 51.3 cm³/mol. The molecule has 2 N–H and O–H groups in total. The van der Waals surface area contributed by atoms with E-state index in [2.05, 4.69) is 24.2 Å². The van der Waals surface area contributed by atoms with Gasteiger partial charge >= 0.3 is 0 Å². The summed E-state index contributed by atoms with van der Waals surface area (Å²) < 4.78 is 0. The van der Waals surface area contributed by atoms with Crippen LogP contribution in [0.3, 0.4) is 0 Å². The maximum absolute atomic E-state index is 6.18. The van der Waals surface area contributed by atoms with Gasteiger partial charge in [0.15, 0.2) is 0 Å². The van der Waals surface area contributed by atoms with Gasteiger partial charge in [0, 0.05) is 16.3 Å². The fourth-order valence-electron chi connectivity index (χ4n) is 1.54. The summed E-state index contributed by atoms with van der Waals surface area (Å²) in [5.41, 5.74) is 9.27. The lowest BCUT2D eigenvalue weighted by atomic mass is 9.80. The molecule has 0 radical (unpaired) electrons. The van der Waals surface area contributed by atoms with Crippen LogP contribution in [-0.2, 0) is 5.41 Å². The molecule has 2 rings (SSSR count). The van der Waals surface area contributed by atoms with Crippen molar-refractivity contribution in [3.8, 4) is 0 Å². The highest BCUT2D eigenvalue weighted by Crippen LogP contribution is 2.48. The van der Waals surface area contributed by atoms with Crippen LogP contribution in [0.1, 0.15) is 32.4 Å². The predicted octanol–water partition coefficient (Wildman–Crippen LogP) is 1.91. The zero-order valence-electron chi connectivity index (χ0n) is 7.50. The second-order valence-corrected chi connectivity index (χ2v) is 4.87. The van der Waals surface area contributed by atoms with Gasteiger partial charge in [0.05, 0.1) is 11.2 Å². The Morgan fingerprint density at radius 3 is 2.67 bits per heavy atom. The molecule has 66 valence electrons. The zero-order chi connectivity index (χ0) is 8.82. The fraction of sp³-hybridized carbons (Fsp3) is 0.667. The molecule has 1 fully saturated rings. The molecule has 2 nitrogen and oxygen atoms in total. The van der Waals surface area contributed by atoms with Gasteiger partial charge in [-0.3, -0.25) is 0 Å². The first-order valence-electron chi connectivity index (χ1n) is 4.24. The SMILES string of the molecule is CC(C)(c1cscn1)C1(N)CC1. The number of thiazole rings is 1. The molecule has 1 aliphatic rings. The third-order valence-electron chi connectivity index (χ3n) is 3.11. The van der Waals surface area contributed by atoms with Gasteiger partial charge in [-0.2, -0.15) is 0 Å². The van der Waals surface area contributed by atoms with E-state index in [1.54, 1.807) is 11.3 Å². The Bertz CT molecular complexity index is 273. The Labute approximate surface area is 76.8 Å². The lowest BCUT2D eigenvalue weighted by Gasteiger charge is -2.29. The molecule has 0 amide bonds. The summed E-state index contributed by atoms with van der Waals surface area (Å²) in [5.74, 6) is 0. The molecule has 0 atom stereocenters. The molecule has 0 bridgehead atoms. The Morgan fingerprint density at radius 2 is 2.25 bits per heavy atom. The van der Waals surface area contributed by atoms with Crippen molar-refractivity contribution in [2.75, 3.05) is 0 Å². The van der Waals surface area contributed by atoms with Crippen molar-refractivity contribution in [3.63, 3.8) is 0 Å². The molecule has 3 heteroatoms. The van der Waals surface area contributed by atoms with Crippen molar-refractivity contribution < 1.29 is 0 Å². The van der Waals surface area contributed by atoms with E-state index in [0.29, 0.717) is 0 Å². The molecular formula is C9H14N2S. The van der Waals surface area contributed by atoms with Crippen LogP contribution in [0.2, 0.25) is 0 Å². The number of nitrogens with two attached hydrogens (primary N) is 1. The molecule has 1 saturated carbocycles. The van der Waals surface area contributed by atoms with Gasteiger partial charge in [0.2, 0.25) is 0 Å². The van der Waals surface area contributed by atoms with Crippen LogP contribution in [0.4, 0.5) is 0 Å². The number of hydrogen-bond donors (Lipinski definition) is 1. The van der Waals surface area contributed by atoms with Gasteiger partial charge in [-0.05, 0) is 12.8 Å². The van der Waals surface area contributed by atoms with Gasteiger partial charge in [-0.15, -0.1) is 11.3 Å². The van der Waals surface area contributed by atoms with E-state index in [-0.39, 0.29) is 11.0 Å². The normalized spacial score (nSPS) is 20.9.